The van der Waals surface area contributed by atoms with Gasteiger partial charge in [-0.2, -0.15) is 0 Å². The van der Waals surface area contributed by atoms with Crippen molar-refractivity contribution in [2.24, 2.45) is 0 Å². The molecule has 0 aliphatic rings. The van der Waals surface area contributed by atoms with Crippen LogP contribution in [-0.2, 0) is 9.84 Å². The van der Waals surface area contributed by atoms with Crippen molar-refractivity contribution < 1.29 is 22.1 Å². The van der Waals surface area contributed by atoms with Crippen LogP contribution in [0.25, 0.3) is 11.0 Å². The summed E-state index contributed by atoms with van der Waals surface area (Å²) < 4.78 is 41.2. The van der Waals surface area contributed by atoms with Gasteiger partial charge in [0.05, 0.1) is 6.07 Å². The second-order valence-corrected chi connectivity index (χ2v) is 7.85. The lowest BCUT2D eigenvalue weighted by molar-refractivity contribution is -0.402. The summed E-state index contributed by atoms with van der Waals surface area (Å²) in [6.45, 7) is 0. The molecule has 122 valence electrons. The maximum absolute atomic E-state index is 13.7. The van der Waals surface area contributed by atoms with Gasteiger partial charge in [-0.1, -0.05) is 41.4 Å². The first-order chi connectivity index (χ1) is 10.7. The Balaban J connectivity index is 2.66. The van der Waals surface area contributed by atoms with Crippen molar-refractivity contribution in [1.82, 2.24) is 0 Å². The molecule has 2 rings (SSSR count). The van der Waals surface area contributed by atoms with Crippen LogP contribution in [0.1, 0.15) is 11.3 Å². The number of benzene rings is 1. The van der Waals surface area contributed by atoms with E-state index in [1.807, 2.05) is 0 Å². The number of halogens is 3. The van der Waals surface area contributed by atoms with Crippen LogP contribution in [0.15, 0.2) is 40.8 Å². The minimum atomic E-state index is -4.31. The molecule has 2 aromatic rings. The van der Waals surface area contributed by atoms with Gasteiger partial charge in [0.15, 0.2) is 5.76 Å². The Bertz CT molecular complexity index is 876. The molecule has 0 atom stereocenters. The van der Waals surface area contributed by atoms with E-state index in [0.29, 0.717) is 0 Å². The smallest absolute Gasteiger partial charge is 0.400 e. The number of rotatable bonds is 5. The summed E-state index contributed by atoms with van der Waals surface area (Å²) in [6.07, 6.45) is 0.949. The lowest BCUT2D eigenvalue weighted by Gasteiger charge is -2.08. The molecule has 23 heavy (non-hydrogen) atoms. The van der Waals surface area contributed by atoms with Crippen molar-refractivity contribution >= 4 is 49.9 Å². The average molecular weight is 380 g/mol. The summed E-state index contributed by atoms with van der Waals surface area (Å²) in [7, 11) is -4.31. The Labute approximate surface area is 140 Å². The number of nitrogens with zero attached hydrogens (tertiary/aromatic N) is 1. The molecule has 0 saturated heterocycles. The Morgan fingerprint density at radius 2 is 1.91 bits per heavy atom. The highest BCUT2D eigenvalue weighted by molar-refractivity contribution is 8.03. The Hall–Kier alpha value is -1.90. The first-order valence-electron chi connectivity index (χ1n) is 5.96. The largest absolute Gasteiger partial charge is 0.433 e. The predicted molar refractivity (Wildman–Crippen MR) is 84.0 cm³/mol. The first kappa shape index (κ1) is 17.5. The summed E-state index contributed by atoms with van der Waals surface area (Å²) in [5.74, 6) is -1.73. The summed E-state index contributed by atoms with van der Waals surface area (Å²) in [4.78, 5) is 9.26. The van der Waals surface area contributed by atoms with Crippen molar-refractivity contribution in [3.05, 3.63) is 63.7 Å². The number of furan rings is 1. The van der Waals surface area contributed by atoms with E-state index in [2.05, 4.69) is 0 Å². The highest BCUT2D eigenvalue weighted by atomic mass is 35.5. The van der Waals surface area contributed by atoms with Crippen LogP contribution in [0.2, 0.25) is 0 Å². The zero-order valence-electron chi connectivity index (χ0n) is 11.1. The van der Waals surface area contributed by atoms with Gasteiger partial charge in [0.25, 0.3) is 0 Å². The second-order valence-electron chi connectivity index (χ2n) is 4.23. The van der Waals surface area contributed by atoms with Crippen LogP contribution in [0.5, 0.6) is 0 Å². The summed E-state index contributed by atoms with van der Waals surface area (Å²) in [6, 6.07) is 7.39. The topological polar surface area (TPSA) is 90.4 Å². The van der Waals surface area contributed by atoms with Crippen molar-refractivity contribution in [2.75, 3.05) is 0 Å². The molecule has 0 fully saturated rings. The molecule has 1 heterocycles. The zero-order chi connectivity index (χ0) is 17.2. The Morgan fingerprint density at radius 1 is 1.26 bits per heavy atom. The molecule has 0 saturated carbocycles. The van der Waals surface area contributed by atoms with E-state index in [1.54, 1.807) is 0 Å². The minimum absolute atomic E-state index is 0.0703. The molecular weight excluding hydrogens is 372 g/mol. The fraction of sp³-hybridized carbons (Fsp3) is 0.0769. The molecular formula is C13H8Cl2FNO5S. The maximum Gasteiger partial charge on any atom is 0.433 e. The summed E-state index contributed by atoms with van der Waals surface area (Å²) >= 11 is 10.9. The molecule has 0 spiro atoms. The number of hydrogen-bond acceptors (Lipinski definition) is 5. The monoisotopic (exact) mass is 379 g/mol. The molecule has 0 amide bonds. The van der Waals surface area contributed by atoms with Crippen molar-refractivity contribution in [3.8, 4) is 0 Å². The fourth-order valence-corrected chi connectivity index (χ4v) is 3.13. The molecule has 0 aliphatic heterocycles. The lowest BCUT2D eigenvalue weighted by atomic mass is 10.2. The third kappa shape index (κ3) is 3.72. The maximum atomic E-state index is 13.7. The van der Waals surface area contributed by atoms with E-state index in [9.17, 15) is 22.9 Å². The molecule has 0 unspecified atom stereocenters. The third-order valence-corrected chi connectivity index (χ3v) is 5.56. The van der Waals surface area contributed by atoms with Crippen molar-refractivity contribution in [3.63, 3.8) is 0 Å². The highest BCUT2D eigenvalue weighted by Crippen LogP contribution is 2.33. The minimum Gasteiger partial charge on any atom is -0.400 e. The summed E-state index contributed by atoms with van der Waals surface area (Å²) in [5, 5.41) is 10.7. The zero-order valence-corrected chi connectivity index (χ0v) is 13.5. The molecule has 0 bridgehead atoms. The van der Waals surface area contributed by atoms with Gasteiger partial charge in [-0.3, -0.25) is 10.1 Å². The van der Waals surface area contributed by atoms with Gasteiger partial charge in [0.2, 0.25) is 14.0 Å². The molecule has 0 radical (unpaired) electrons. The number of hydrogen-bond donors (Lipinski definition) is 0. The molecule has 6 nitrogen and oxygen atoms in total. The molecule has 0 aliphatic carbocycles. The quantitative estimate of drug-likeness (QED) is 0.444. The predicted octanol–water partition coefficient (Wildman–Crippen LogP) is 4.00. The van der Waals surface area contributed by atoms with Gasteiger partial charge < -0.3 is 4.42 Å². The average Bonchev–Trinajstić information content (AvgIpc) is 2.95. The van der Waals surface area contributed by atoms with Gasteiger partial charge >= 0.3 is 5.88 Å². The number of nitro groups is 1. The number of sulfone groups is 1. The lowest BCUT2D eigenvalue weighted by Crippen LogP contribution is -2.11. The SMILES string of the molecule is O=[N+]([O-])c1ccc(/C(=C\c2ccccc2F)S(=O)(=O)C(Cl)Cl)o1. The van der Waals surface area contributed by atoms with E-state index < -0.39 is 35.5 Å². The molecule has 1 aromatic heterocycles. The van der Waals surface area contributed by atoms with Crippen molar-refractivity contribution in [2.45, 2.75) is 4.17 Å². The van der Waals surface area contributed by atoms with Crippen LogP contribution < -0.4 is 0 Å². The summed E-state index contributed by atoms with van der Waals surface area (Å²) in [5.41, 5.74) is -0.0703. The van der Waals surface area contributed by atoms with Gasteiger partial charge in [0.1, 0.15) is 15.6 Å². The van der Waals surface area contributed by atoms with Gasteiger partial charge in [0, 0.05) is 5.56 Å². The van der Waals surface area contributed by atoms with Gasteiger partial charge in [-0.05, 0) is 18.2 Å². The normalized spacial score (nSPS) is 12.6. The molecule has 10 heteroatoms. The highest BCUT2D eigenvalue weighted by Gasteiger charge is 2.30. The van der Waals surface area contributed by atoms with E-state index in [4.69, 9.17) is 27.6 Å². The van der Waals surface area contributed by atoms with E-state index >= 15 is 0 Å². The fourth-order valence-electron chi connectivity index (χ4n) is 1.68. The Morgan fingerprint density at radius 3 is 2.43 bits per heavy atom. The van der Waals surface area contributed by atoms with Crippen molar-refractivity contribution in [1.29, 1.82) is 0 Å². The number of alkyl halides is 2. The van der Waals surface area contributed by atoms with Crippen LogP contribution in [0.3, 0.4) is 0 Å². The first-order valence-corrected chi connectivity index (χ1v) is 8.38. The van der Waals surface area contributed by atoms with Gasteiger partial charge in [-0.25, -0.2) is 12.8 Å². The third-order valence-electron chi connectivity index (χ3n) is 2.75. The Kier molecular flexibility index (Phi) is 5.08. The van der Waals surface area contributed by atoms with E-state index in [-0.39, 0.29) is 11.3 Å². The van der Waals surface area contributed by atoms with Crippen LogP contribution >= 0.6 is 23.2 Å². The van der Waals surface area contributed by atoms with Gasteiger partial charge in [-0.15, -0.1) is 0 Å². The standard InChI is InChI=1S/C13H8Cl2FNO5S/c14-13(15)23(20,21)11(7-8-3-1-2-4-9(8)16)10-5-6-12(22-10)17(18)19/h1-7,13H/b11-7+. The van der Waals surface area contributed by atoms with E-state index in [1.165, 1.54) is 18.2 Å². The van der Waals surface area contributed by atoms with Crippen LogP contribution in [0, 0.1) is 15.9 Å². The van der Waals surface area contributed by atoms with E-state index in [0.717, 1.165) is 24.3 Å². The van der Waals surface area contributed by atoms with Crippen LogP contribution in [-0.4, -0.2) is 17.5 Å². The second kappa shape index (κ2) is 6.69. The molecule has 0 N–H and O–H groups in total. The molecule has 1 aromatic carbocycles. The van der Waals surface area contributed by atoms with Crippen LogP contribution in [0.4, 0.5) is 10.3 Å².